The van der Waals surface area contributed by atoms with Crippen LogP contribution in [0.15, 0.2) is 96.0 Å². The van der Waals surface area contributed by atoms with E-state index in [2.05, 4.69) is 0 Å². The first-order chi connectivity index (χ1) is 13.3. The Hall–Kier alpha value is -3.66. The molecule has 0 N–H and O–H groups in total. The third-order valence-electron chi connectivity index (χ3n) is 4.24. The standard InChI is InChI=1S/C23H19N3O/c1-27-22-15-9-8-12-19(22)17-24-23-16-21(18-10-4-2-5-11-18)25-26(23)20-13-6-3-7-14-20/h2-17H,1H3/b24-17+. The van der Waals surface area contributed by atoms with Crippen molar-refractivity contribution < 1.29 is 4.74 Å². The Morgan fingerprint density at radius 1 is 0.852 bits per heavy atom. The second kappa shape index (κ2) is 7.70. The zero-order valence-corrected chi connectivity index (χ0v) is 15.0. The minimum atomic E-state index is 0.756. The van der Waals surface area contributed by atoms with Crippen molar-refractivity contribution in [2.45, 2.75) is 0 Å². The predicted octanol–water partition coefficient (Wildman–Crippen LogP) is 5.30. The van der Waals surface area contributed by atoms with E-state index in [1.807, 2.05) is 102 Å². The number of methoxy groups -OCH3 is 1. The normalized spacial score (nSPS) is 11.0. The third-order valence-corrected chi connectivity index (χ3v) is 4.24. The van der Waals surface area contributed by atoms with Gasteiger partial charge in [0.1, 0.15) is 5.75 Å². The van der Waals surface area contributed by atoms with Crippen LogP contribution in [0.1, 0.15) is 5.56 Å². The second-order valence-corrected chi connectivity index (χ2v) is 6.00. The monoisotopic (exact) mass is 353 g/mol. The molecular formula is C23H19N3O. The fraction of sp³-hybridized carbons (Fsp3) is 0.0435. The number of nitrogens with zero attached hydrogens (tertiary/aromatic N) is 3. The zero-order chi connectivity index (χ0) is 18.5. The molecule has 1 aromatic heterocycles. The Bertz CT molecular complexity index is 1050. The number of rotatable bonds is 5. The van der Waals surface area contributed by atoms with Crippen molar-refractivity contribution in [2.75, 3.05) is 7.11 Å². The van der Waals surface area contributed by atoms with Crippen LogP contribution in [0, 0.1) is 0 Å². The van der Waals surface area contributed by atoms with Crippen molar-refractivity contribution in [2.24, 2.45) is 4.99 Å². The lowest BCUT2D eigenvalue weighted by Gasteiger charge is -2.05. The molecule has 0 saturated heterocycles. The van der Waals surface area contributed by atoms with Crippen LogP contribution in [0.5, 0.6) is 5.75 Å². The van der Waals surface area contributed by atoms with Crippen molar-refractivity contribution in [1.82, 2.24) is 9.78 Å². The molecule has 0 radical (unpaired) electrons. The number of benzene rings is 3. The quantitative estimate of drug-likeness (QED) is 0.457. The van der Waals surface area contributed by atoms with Crippen LogP contribution in [-0.2, 0) is 0 Å². The van der Waals surface area contributed by atoms with E-state index in [-0.39, 0.29) is 0 Å². The minimum Gasteiger partial charge on any atom is -0.496 e. The van der Waals surface area contributed by atoms with E-state index in [0.29, 0.717) is 0 Å². The lowest BCUT2D eigenvalue weighted by atomic mass is 10.1. The van der Waals surface area contributed by atoms with Gasteiger partial charge in [0.15, 0.2) is 5.82 Å². The highest BCUT2D eigenvalue weighted by molar-refractivity contribution is 5.85. The molecule has 1 heterocycles. The molecule has 0 amide bonds. The third kappa shape index (κ3) is 3.65. The smallest absolute Gasteiger partial charge is 0.156 e. The highest BCUT2D eigenvalue weighted by Crippen LogP contribution is 2.27. The summed E-state index contributed by atoms with van der Waals surface area (Å²) in [5.41, 5.74) is 3.82. The maximum absolute atomic E-state index is 5.41. The first-order valence-corrected chi connectivity index (χ1v) is 8.73. The van der Waals surface area contributed by atoms with Gasteiger partial charge in [-0.2, -0.15) is 5.10 Å². The van der Waals surface area contributed by atoms with Crippen LogP contribution in [0.25, 0.3) is 16.9 Å². The van der Waals surface area contributed by atoms with Crippen molar-refractivity contribution >= 4 is 12.0 Å². The molecule has 0 aliphatic carbocycles. The Labute approximate surface area is 158 Å². The Balaban J connectivity index is 1.79. The number of aromatic nitrogens is 2. The topological polar surface area (TPSA) is 39.4 Å². The largest absolute Gasteiger partial charge is 0.496 e. The number of ether oxygens (including phenoxy) is 1. The Kier molecular flexibility index (Phi) is 4.79. The Morgan fingerprint density at radius 2 is 1.52 bits per heavy atom. The van der Waals surface area contributed by atoms with Crippen molar-refractivity contribution in [3.8, 4) is 22.7 Å². The van der Waals surface area contributed by atoms with E-state index in [1.54, 1.807) is 7.11 Å². The molecule has 0 aliphatic heterocycles. The number of para-hydroxylation sites is 2. The van der Waals surface area contributed by atoms with Gasteiger partial charge in [0.05, 0.1) is 18.5 Å². The molecule has 0 atom stereocenters. The zero-order valence-electron chi connectivity index (χ0n) is 15.0. The SMILES string of the molecule is COc1ccccc1/C=N/c1cc(-c2ccccc2)nn1-c1ccccc1. The summed E-state index contributed by atoms with van der Waals surface area (Å²) in [5.74, 6) is 1.54. The lowest BCUT2D eigenvalue weighted by molar-refractivity contribution is 0.414. The van der Waals surface area contributed by atoms with Gasteiger partial charge >= 0.3 is 0 Å². The molecule has 3 aromatic carbocycles. The van der Waals surface area contributed by atoms with Crippen molar-refractivity contribution in [1.29, 1.82) is 0 Å². The number of hydrogen-bond donors (Lipinski definition) is 0. The van der Waals surface area contributed by atoms with Gasteiger partial charge in [-0.05, 0) is 24.3 Å². The molecular weight excluding hydrogens is 334 g/mol. The summed E-state index contributed by atoms with van der Waals surface area (Å²) in [6.45, 7) is 0. The lowest BCUT2D eigenvalue weighted by Crippen LogP contribution is -1.96. The summed E-state index contributed by atoms with van der Waals surface area (Å²) < 4.78 is 7.26. The van der Waals surface area contributed by atoms with Gasteiger partial charge in [-0.1, -0.05) is 60.7 Å². The van der Waals surface area contributed by atoms with E-state index in [0.717, 1.165) is 34.1 Å². The Morgan fingerprint density at radius 3 is 2.26 bits per heavy atom. The van der Waals surface area contributed by atoms with Crippen LogP contribution in [0.3, 0.4) is 0 Å². The van der Waals surface area contributed by atoms with Gasteiger partial charge < -0.3 is 4.74 Å². The maximum atomic E-state index is 5.41. The van der Waals surface area contributed by atoms with Crippen LogP contribution < -0.4 is 4.74 Å². The van der Waals surface area contributed by atoms with Gasteiger partial charge in [-0.25, -0.2) is 9.67 Å². The first kappa shape index (κ1) is 16.8. The second-order valence-electron chi connectivity index (χ2n) is 6.00. The van der Waals surface area contributed by atoms with E-state index in [1.165, 1.54) is 0 Å². The van der Waals surface area contributed by atoms with Crippen molar-refractivity contribution in [3.05, 3.63) is 96.6 Å². The van der Waals surface area contributed by atoms with E-state index in [4.69, 9.17) is 14.8 Å². The summed E-state index contributed by atoms with van der Waals surface area (Å²) >= 11 is 0. The first-order valence-electron chi connectivity index (χ1n) is 8.73. The van der Waals surface area contributed by atoms with Gasteiger partial charge in [-0.15, -0.1) is 0 Å². The summed E-state index contributed by atoms with van der Waals surface area (Å²) in [7, 11) is 1.66. The highest BCUT2D eigenvalue weighted by Gasteiger charge is 2.10. The van der Waals surface area contributed by atoms with E-state index >= 15 is 0 Å². The molecule has 0 spiro atoms. The molecule has 4 aromatic rings. The van der Waals surface area contributed by atoms with Gasteiger partial charge in [-0.3, -0.25) is 0 Å². The average molecular weight is 353 g/mol. The predicted molar refractivity (Wildman–Crippen MR) is 109 cm³/mol. The van der Waals surface area contributed by atoms with Gasteiger partial charge in [0.2, 0.25) is 0 Å². The van der Waals surface area contributed by atoms with Gasteiger partial charge in [0.25, 0.3) is 0 Å². The fourth-order valence-corrected chi connectivity index (χ4v) is 2.88. The maximum Gasteiger partial charge on any atom is 0.156 e. The number of aliphatic imine (C=N–C) groups is 1. The van der Waals surface area contributed by atoms with Crippen LogP contribution in [0.2, 0.25) is 0 Å². The molecule has 0 fully saturated rings. The average Bonchev–Trinajstić information content (AvgIpc) is 3.18. The van der Waals surface area contributed by atoms with Gasteiger partial charge in [0, 0.05) is 23.4 Å². The highest BCUT2D eigenvalue weighted by atomic mass is 16.5. The molecule has 132 valence electrons. The summed E-state index contributed by atoms with van der Waals surface area (Å²) in [6.07, 6.45) is 1.81. The van der Waals surface area contributed by atoms with E-state index in [9.17, 15) is 0 Å². The fourth-order valence-electron chi connectivity index (χ4n) is 2.88. The van der Waals surface area contributed by atoms with Crippen LogP contribution in [0.4, 0.5) is 5.82 Å². The molecule has 4 heteroatoms. The van der Waals surface area contributed by atoms with Crippen LogP contribution >= 0.6 is 0 Å². The molecule has 0 aliphatic rings. The summed E-state index contributed by atoms with van der Waals surface area (Å²) in [5, 5.41) is 4.78. The van der Waals surface area contributed by atoms with Crippen LogP contribution in [-0.4, -0.2) is 23.1 Å². The molecule has 4 nitrogen and oxygen atoms in total. The molecule has 4 rings (SSSR count). The minimum absolute atomic E-state index is 0.756. The van der Waals surface area contributed by atoms with Crippen molar-refractivity contribution in [3.63, 3.8) is 0 Å². The molecule has 27 heavy (non-hydrogen) atoms. The number of hydrogen-bond acceptors (Lipinski definition) is 3. The molecule has 0 bridgehead atoms. The molecule has 0 saturated carbocycles. The van der Waals surface area contributed by atoms with E-state index < -0.39 is 0 Å². The molecule has 0 unspecified atom stereocenters. The summed E-state index contributed by atoms with van der Waals surface area (Å²) in [4.78, 5) is 4.70. The summed E-state index contributed by atoms with van der Waals surface area (Å²) in [6, 6.07) is 29.9.